The first kappa shape index (κ1) is 9.24. The fourth-order valence-electron chi connectivity index (χ4n) is 1.45. The Hall–Kier alpha value is -0.850. The number of aliphatic imine (C=N–C) groups is 1. The Morgan fingerprint density at radius 1 is 1.25 bits per heavy atom. The van der Waals surface area contributed by atoms with E-state index in [1.165, 1.54) is 23.3 Å². The highest BCUT2D eigenvalue weighted by molar-refractivity contribution is 5.80. The van der Waals surface area contributed by atoms with Crippen LogP contribution in [0.4, 0.5) is 0 Å². The van der Waals surface area contributed by atoms with Gasteiger partial charge in [0.05, 0.1) is 0 Å². The molecule has 0 bridgehead atoms. The lowest BCUT2D eigenvalue weighted by Gasteiger charge is -2.12. The fourth-order valence-corrected chi connectivity index (χ4v) is 1.45. The maximum atomic E-state index is 4.50. The van der Waals surface area contributed by atoms with Crippen molar-refractivity contribution in [2.24, 2.45) is 4.99 Å². The van der Waals surface area contributed by atoms with Gasteiger partial charge in [0.15, 0.2) is 0 Å². The molecule has 66 valence electrons. The van der Waals surface area contributed by atoms with Crippen LogP contribution in [0.3, 0.4) is 0 Å². The molecule has 0 heterocycles. The molecular weight excluding hydrogens is 146 g/mol. The molecule has 0 radical (unpaired) electrons. The molecule has 0 saturated heterocycles. The lowest BCUT2D eigenvalue weighted by molar-refractivity contribution is 0.873. The molecule has 1 nitrogen and oxygen atoms in total. The molecule has 0 saturated carbocycles. The third-order valence-corrected chi connectivity index (χ3v) is 2.03. The van der Waals surface area contributed by atoms with E-state index in [0.29, 0.717) is 0 Å². The quantitative estimate of drug-likeness (QED) is 0.525. The molecule has 0 fully saturated rings. The Labute approximate surface area is 74.9 Å². The Kier molecular flexibility index (Phi) is 2.85. The number of hydrogen-bond donors (Lipinski definition) is 0. The Balaban J connectivity index is 2.90. The minimum Gasteiger partial charge on any atom is -0.263 e. The van der Waals surface area contributed by atoms with E-state index >= 15 is 0 Å². The summed E-state index contributed by atoms with van der Waals surface area (Å²) in [5.41, 5.74) is 5.22. The molecule has 1 aliphatic rings. The van der Waals surface area contributed by atoms with Gasteiger partial charge in [-0.3, -0.25) is 4.99 Å². The molecule has 0 amide bonds. The number of rotatable bonds is 1. The Morgan fingerprint density at radius 2 is 1.92 bits per heavy atom. The van der Waals surface area contributed by atoms with Gasteiger partial charge in [0.1, 0.15) is 0 Å². The van der Waals surface area contributed by atoms with Gasteiger partial charge in [-0.2, -0.15) is 0 Å². The summed E-state index contributed by atoms with van der Waals surface area (Å²) in [5, 5.41) is 0. The van der Waals surface area contributed by atoms with Crippen LogP contribution in [-0.2, 0) is 0 Å². The maximum Gasteiger partial charge on any atom is 0.0435 e. The van der Waals surface area contributed by atoms with E-state index in [1.807, 2.05) is 13.8 Å². The summed E-state index contributed by atoms with van der Waals surface area (Å²) in [6, 6.07) is 0. The fraction of sp³-hybridized carbons (Fsp3) is 0.545. The van der Waals surface area contributed by atoms with Crippen LogP contribution < -0.4 is 0 Å². The average molecular weight is 163 g/mol. The van der Waals surface area contributed by atoms with E-state index in [2.05, 4.69) is 24.9 Å². The van der Waals surface area contributed by atoms with Gasteiger partial charge in [0.25, 0.3) is 0 Å². The van der Waals surface area contributed by atoms with Crippen LogP contribution in [-0.4, -0.2) is 5.71 Å². The van der Waals surface area contributed by atoms with Gasteiger partial charge in [-0.25, -0.2) is 0 Å². The Bertz CT molecular complexity index is 263. The molecule has 0 spiro atoms. The van der Waals surface area contributed by atoms with Gasteiger partial charge in [0, 0.05) is 11.4 Å². The summed E-state index contributed by atoms with van der Waals surface area (Å²) in [5.74, 6) is 0. The number of nitrogens with zero attached hydrogens (tertiary/aromatic N) is 1. The number of hydrogen-bond acceptors (Lipinski definition) is 1. The highest BCUT2D eigenvalue weighted by Gasteiger charge is 2.06. The summed E-state index contributed by atoms with van der Waals surface area (Å²) in [4.78, 5) is 4.50. The Morgan fingerprint density at radius 3 is 2.42 bits per heavy atom. The molecule has 0 aromatic carbocycles. The van der Waals surface area contributed by atoms with Crippen molar-refractivity contribution in [3.8, 4) is 0 Å². The van der Waals surface area contributed by atoms with Crippen molar-refractivity contribution in [1.82, 2.24) is 0 Å². The predicted molar refractivity (Wildman–Crippen MR) is 54.5 cm³/mol. The molecule has 1 heteroatoms. The van der Waals surface area contributed by atoms with E-state index in [9.17, 15) is 0 Å². The third kappa shape index (κ3) is 2.33. The standard InChI is InChI=1S/C11H17N/c1-8(2)12-11-6-5-9(3)7-10(11)4/h7H,5-6H2,1-4H3. The lowest BCUT2D eigenvalue weighted by Crippen LogP contribution is -1.95. The molecule has 0 aliphatic heterocycles. The molecule has 12 heavy (non-hydrogen) atoms. The summed E-state index contributed by atoms with van der Waals surface area (Å²) in [6.45, 7) is 8.42. The van der Waals surface area contributed by atoms with Crippen molar-refractivity contribution in [2.45, 2.75) is 40.5 Å². The molecular formula is C11H17N. The second-order valence-electron chi connectivity index (χ2n) is 3.68. The third-order valence-electron chi connectivity index (χ3n) is 2.03. The zero-order valence-corrected chi connectivity index (χ0v) is 8.44. The van der Waals surface area contributed by atoms with Gasteiger partial charge < -0.3 is 0 Å². The first-order valence-electron chi connectivity index (χ1n) is 4.48. The van der Waals surface area contributed by atoms with Crippen molar-refractivity contribution in [2.75, 3.05) is 0 Å². The molecule has 0 N–H and O–H groups in total. The van der Waals surface area contributed by atoms with Crippen molar-refractivity contribution in [3.05, 3.63) is 22.9 Å². The minimum absolute atomic E-state index is 1.11. The van der Waals surface area contributed by atoms with Crippen LogP contribution in [0, 0.1) is 0 Å². The van der Waals surface area contributed by atoms with E-state index in [4.69, 9.17) is 0 Å². The van der Waals surface area contributed by atoms with Gasteiger partial charge in [0.2, 0.25) is 0 Å². The SMILES string of the molecule is CC1=CC(C)=C(N=C(C)C)CC1. The molecule has 0 atom stereocenters. The summed E-state index contributed by atoms with van der Waals surface area (Å²) in [6.07, 6.45) is 4.52. The lowest BCUT2D eigenvalue weighted by atomic mass is 9.99. The van der Waals surface area contributed by atoms with Gasteiger partial charge in [-0.05, 0) is 46.1 Å². The van der Waals surface area contributed by atoms with Gasteiger partial charge in [-0.1, -0.05) is 11.6 Å². The summed E-state index contributed by atoms with van der Waals surface area (Å²) < 4.78 is 0. The highest BCUT2D eigenvalue weighted by atomic mass is 14.8. The van der Waals surface area contributed by atoms with Crippen LogP contribution in [0.1, 0.15) is 40.5 Å². The van der Waals surface area contributed by atoms with Crippen LogP contribution in [0.25, 0.3) is 0 Å². The van der Waals surface area contributed by atoms with Crippen molar-refractivity contribution < 1.29 is 0 Å². The average Bonchev–Trinajstić information content (AvgIpc) is 1.94. The number of allylic oxidation sites excluding steroid dienone is 4. The maximum absolute atomic E-state index is 4.50. The molecule has 1 rings (SSSR count). The zero-order chi connectivity index (χ0) is 9.14. The van der Waals surface area contributed by atoms with Crippen LogP contribution in [0.15, 0.2) is 27.9 Å². The van der Waals surface area contributed by atoms with Crippen molar-refractivity contribution >= 4 is 5.71 Å². The highest BCUT2D eigenvalue weighted by Crippen LogP contribution is 2.24. The summed E-state index contributed by atoms with van der Waals surface area (Å²) >= 11 is 0. The van der Waals surface area contributed by atoms with Gasteiger partial charge >= 0.3 is 0 Å². The molecule has 0 unspecified atom stereocenters. The van der Waals surface area contributed by atoms with E-state index < -0.39 is 0 Å². The molecule has 0 aromatic heterocycles. The van der Waals surface area contributed by atoms with Crippen LogP contribution >= 0.6 is 0 Å². The first-order valence-corrected chi connectivity index (χ1v) is 4.48. The van der Waals surface area contributed by atoms with E-state index in [-0.39, 0.29) is 0 Å². The monoisotopic (exact) mass is 163 g/mol. The van der Waals surface area contributed by atoms with Crippen LogP contribution in [0.5, 0.6) is 0 Å². The normalized spacial score (nSPS) is 17.5. The second kappa shape index (κ2) is 3.70. The van der Waals surface area contributed by atoms with E-state index in [1.54, 1.807) is 0 Å². The van der Waals surface area contributed by atoms with Crippen molar-refractivity contribution in [3.63, 3.8) is 0 Å². The zero-order valence-electron chi connectivity index (χ0n) is 8.44. The van der Waals surface area contributed by atoms with E-state index in [0.717, 1.165) is 12.1 Å². The molecule has 0 aromatic rings. The topological polar surface area (TPSA) is 12.4 Å². The first-order chi connectivity index (χ1) is 5.59. The van der Waals surface area contributed by atoms with Gasteiger partial charge in [-0.15, -0.1) is 0 Å². The second-order valence-corrected chi connectivity index (χ2v) is 3.68. The molecule has 1 aliphatic carbocycles. The summed E-state index contributed by atoms with van der Waals surface area (Å²) in [7, 11) is 0. The predicted octanol–water partition coefficient (Wildman–Crippen LogP) is 3.48. The van der Waals surface area contributed by atoms with Crippen molar-refractivity contribution in [1.29, 1.82) is 0 Å². The minimum atomic E-state index is 1.11. The smallest absolute Gasteiger partial charge is 0.0435 e. The van der Waals surface area contributed by atoms with Crippen LogP contribution in [0.2, 0.25) is 0 Å². The largest absolute Gasteiger partial charge is 0.263 e.